The fourth-order valence-corrected chi connectivity index (χ4v) is 2.42. The molecule has 88 valence electrons. The van der Waals surface area contributed by atoms with Gasteiger partial charge in [-0.3, -0.25) is 4.90 Å². The van der Waals surface area contributed by atoms with E-state index in [1.807, 2.05) is 13.8 Å². The molecule has 0 aromatic heterocycles. The van der Waals surface area contributed by atoms with Crippen molar-refractivity contribution in [1.29, 1.82) is 0 Å². The molecule has 2 aliphatic rings. The Bertz CT molecular complexity index is 229. The van der Waals surface area contributed by atoms with E-state index >= 15 is 0 Å². The number of piperidine rings is 1. The Labute approximate surface area is 89.6 Å². The molecule has 1 atom stereocenters. The summed E-state index contributed by atoms with van der Waals surface area (Å²) in [5.74, 6) is -2.93. The maximum Gasteiger partial charge on any atom is 0.253 e. The lowest BCUT2D eigenvalue weighted by Gasteiger charge is -2.46. The predicted octanol–water partition coefficient (Wildman–Crippen LogP) is 2.00. The van der Waals surface area contributed by atoms with Gasteiger partial charge in [-0.2, -0.15) is 0 Å². The summed E-state index contributed by atoms with van der Waals surface area (Å²) in [7, 11) is 0. The molecule has 0 spiro atoms. The largest absolute Gasteiger partial charge is 0.378 e. The molecule has 0 aliphatic carbocycles. The molecule has 0 radical (unpaired) electrons. The summed E-state index contributed by atoms with van der Waals surface area (Å²) >= 11 is 0. The van der Waals surface area contributed by atoms with Gasteiger partial charge in [0.25, 0.3) is 5.92 Å². The third kappa shape index (κ3) is 2.16. The van der Waals surface area contributed by atoms with Gasteiger partial charge in [-0.1, -0.05) is 13.8 Å². The first kappa shape index (κ1) is 11.3. The van der Waals surface area contributed by atoms with Crippen molar-refractivity contribution in [2.24, 2.45) is 11.8 Å². The average molecular weight is 219 g/mol. The van der Waals surface area contributed by atoms with Crippen molar-refractivity contribution in [2.45, 2.75) is 32.2 Å². The Balaban J connectivity index is 1.99. The Hall–Kier alpha value is -0.220. The zero-order chi connectivity index (χ0) is 11.1. The lowest BCUT2D eigenvalue weighted by molar-refractivity contribution is -0.153. The summed E-state index contributed by atoms with van der Waals surface area (Å²) < 4.78 is 32.3. The van der Waals surface area contributed by atoms with E-state index in [9.17, 15) is 8.78 Å². The van der Waals surface area contributed by atoms with Crippen LogP contribution in [-0.2, 0) is 4.74 Å². The van der Waals surface area contributed by atoms with Crippen LogP contribution in [0.2, 0.25) is 0 Å². The van der Waals surface area contributed by atoms with E-state index in [1.165, 1.54) is 0 Å². The molecule has 2 nitrogen and oxygen atoms in total. The molecule has 2 aliphatic heterocycles. The minimum atomic E-state index is -2.48. The highest BCUT2D eigenvalue weighted by atomic mass is 19.3. The van der Waals surface area contributed by atoms with E-state index in [1.54, 1.807) is 0 Å². The number of hydrogen-bond donors (Lipinski definition) is 0. The van der Waals surface area contributed by atoms with Crippen LogP contribution in [0.25, 0.3) is 0 Å². The second kappa shape index (κ2) is 3.98. The number of rotatable bonds is 2. The van der Waals surface area contributed by atoms with E-state index in [2.05, 4.69) is 4.90 Å². The van der Waals surface area contributed by atoms with Crippen molar-refractivity contribution in [3.63, 3.8) is 0 Å². The van der Waals surface area contributed by atoms with Crippen molar-refractivity contribution in [1.82, 2.24) is 4.90 Å². The smallest absolute Gasteiger partial charge is 0.253 e. The fourth-order valence-electron chi connectivity index (χ4n) is 2.42. The summed E-state index contributed by atoms with van der Waals surface area (Å²) in [5, 5.41) is 0. The van der Waals surface area contributed by atoms with Gasteiger partial charge in [0.2, 0.25) is 0 Å². The minimum absolute atomic E-state index is 0.00630. The van der Waals surface area contributed by atoms with Gasteiger partial charge in [-0.25, -0.2) is 8.78 Å². The van der Waals surface area contributed by atoms with Crippen LogP contribution in [0.5, 0.6) is 0 Å². The summed E-state index contributed by atoms with van der Waals surface area (Å²) in [5.41, 5.74) is 0. The van der Waals surface area contributed by atoms with Gasteiger partial charge >= 0.3 is 0 Å². The zero-order valence-corrected chi connectivity index (χ0v) is 9.38. The molecule has 0 bridgehead atoms. The molecule has 0 unspecified atom stereocenters. The van der Waals surface area contributed by atoms with Gasteiger partial charge in [-0.05, 0) is 5.92 Å². The average Bonchev–Trinajstić information content (AvgIpc) is 2.04. The molecular formula is C11H19F2NO. The summed E-state index contributed by atoms with van der Waals surface area (Å²) in [6.07, 6.45) is 0.00630. The van der Waals surface area contributed by atoms with Crippen LogP contribution in [0.1, 0.15) is 20.3 Å². The Morgan fingerprint density at radius 1 is 1.33 bits per heavy atom. The lowest BCUT2D eigenvalue weighted by Crippen LogP contribution is -2.57. The van der Waals surface area contributed by atoms with Crippen LogP contribution < -0.4 is 0 Å². The topological polar surface area (TPSA) is 12.5 Å². The van der Waals surface area contributed by atoms with Gasteiger partial charge in [0.1, 0.15) is 0 Å². The monoisotopic (exact) mass is 219 g/mol. The lowest BCUT2D eigenvalue weighted by atomic mass is 9.84. The molecule has 0 aromatic carbocycles. The summed E-state index contributed by atoms with van der Waals surface area (Å²) in [6.45, 7) is 6.26. The first-order valence-electron chi connectivity index (χ1n) is 5.70. The second-order valence-electron chi connectivity index (χ2n) is 5.05. The van der Waals surface area contributed by atoms with Crippen molar-refractivity contribution in [3.8, 4) is 0 Å². The van der Waals surface area contributed by atoms with Gasteiger partial charge < -0.3 is 4.74 Å². The Morgan fingerprint density at radius 2 is 2.00 bits per heavy atom. The number of ether oxygens (including phenoxy) is 1. The maximum absolute atomic E-state index is 13.6. The van der Waals surface area contributed by atoms with Gasteiger partial charge in [-0.15, -0.1) is 0 Å². The third-order valence-corrected chi connectivity index (χ3v) is 3.65. The van der Waals surface area contributed by atoms with Crippen LogP contribution in [0, 0.1) is 11.8 Å². The quantitative estimate of drug-likeness (QED) is 0.704. The third-order valence-electron chi connectivity index (χ3n) is 3.65. The van der Waals surface area contributed by atoms with Crippen molar-refractivity contribution < 1.29 is 13.5 Å². The van der Waals surface area contributed by atoms with Gasteiger partial charge in [0.05, 0.1) is 19.3 Å². The number of hydrogen-bond acceptors (Lipinski definition) is 2. The predicted molar refractivity (Wildman–Crippen MR) is 54.1 cm³/mol. The maximum atomic E-state index is 13.6. The zero-order valence-electron chi connectivity index (χ0n) is 9.38. The number of halogens is 2. The molecule has 2 heterocycles. The normalized spacial score (nSPS) is 33.0. The van der Waals surface area contributed by atoms with E-state index in [0.717, 1.165) is 13.2 Å². The number of nitrogens with zero attached hydrogens (tertiary/aromatic N) is 1. The Morgan fingerprint density at radius 3 is 2.47 bits per heavy atom. The SMILES string of the molecule is CC(C)[C@@H]1CN(C2COC2)CCC1(F)F. The first-order valence-corrected chi connectivity index (χ1v) is 5.70. The van der Waals surface area contributed by atoms with Crippen LogP contribution in [-0.4, -0.2) is 43.2 Å². The van der Waals surface area contributed by atoms with Crippen molar-refractivity contribution >= 4 is 0 Å². The minimum Gasteiger partial charge on any atom is -0.378 e. The molecule has 15 heavy (non-hydrogen) atoms. The van der Waals surface area contributed by atoms with Crippen LogP contribution in [0.15, 0.2) is 0 Å². The van der Waals surface area contributed by atoms with E-state index in [4.69, 9.17) is 4.74 Å². The van der Waals surface area contributed by atoms with Crippen LogP contribution in [0.3, 0.4) is 0 Å². The second-order valence-corrected chi connectivity index (χ2v) is 5.05. The Kier molecular flexibility index (Phi) is 2.99. The fraction of sp³-hybridized carbons (Fsp3) is 1.00. The van der Waals surface area contributed by atoms with Gasteiger partial charge in [0.15, 0.2) is 0 Å². The molecule has 2 saturated heterocycles. The van der Waals surface area contributed by atoms with Crippen LogP contribution in [0.4, 0.5) is 8.78 Å². The molecule has 0 N–H and O–H groups in total. The molecule has 0 amide bonds. The molecule has 0 saturated carbocycles. The standard InChI is InChI=1S/C11H19F2NO/c1-8(2)10-5-14(9-6-15-7-9)4-3-11(10,12)13/h8-10H,3-7H2,1-2H3/t10-/m0/s1. The molecule has 2 rings (SSSR count). The van der Waals surface area contributed by atoms with Crippen LogP contribution >= 0.6 is 0 Å². The first-order chi connectivity index (χ1) is 7.00. The number of likely N-dealkylation sites (tertiary alicyclic amines) is 1. The van der Waals surface area contributed by atoms with E-state index in [-0.39, 0.29) is 12.3 Å². The summed E-state index contributed by atoms with van der Waals surface area (Å²) in [4.78, 5) is 2.17. The number of alkyl halides is 2. The molecule has 2 fully saturated rings. The van der Waals surface area contributed by atoms with E-state index in [0.29, 0.717) is 19.1 Å². The molecular weight excluding hydrogens is 200 g/mol. The van der Waals surface area contributed by atoms with Crippen molar-refractivity contribution in [3.05, 3.63) is 0 Å². The molecule has 0 aromatic rings. The van der Waals surface area contributed by atoms with Crippen molar-refractivity contribution in [2.75, 3.05) is 26.3 Å². The van der Waals surface area contributed by atoms with E-state index < -0.39 is 11.8 Å². The highest BCUT2D eigenvalue weighted by Crippen LogP contribution is 2.38. The summed E-state index contributed by atoms with van der Waals surface area (Å²) in [6, 6.07) is 0.391. The molecule has 4 heteroatoms. The highest BCUT2D eigenvalue weighted by molar-refractivity contribution is 4.91. The highest BCUT2D eigenvalue weighted by Gasteiger charge is 2.47. The van der Waals surface area contributed by atoms with Gasteiger partial charge in [0, 0.05) is 25.4 Å².